The van der Waals surface area contributed by atoms with Gasteiger partial charge in [-0.1, -0.05) is 13.8 Å². The molecule has 0 aliphatic rings. The maximum Gasteiger partial charge on any atom is 0.308 e. The third kappa shape index (κ3) is 5.08. The quantitative estimate of drug-likeness (QED) is 0.831. The van der Waals surface area contributed by atoms with Crippen molar-refractivity contribution in [2.45, 2.75) is 20.3 Å². The van der Waals surface area contributed by atoms with Gasteiger partial charge in [0, 0.05) is 18.0 Å². The van der Waals surface area contributed by atoms with Gasteiger partial charge in [0.15, 0.2) is 0 Å². The Morgan fingerprint density at radius 2 is 2.17 bits per heavy atom. The molecule has 0 amide bonds. The topological polar surface area (TPSA) is 40.5 Å². The molecule has 0 saturated carbocycles. The van der Waals surface area contributed by atoms with Crippen molar-refractivity contribution in [2.75, 3.05) is 20.1 Å². The number of carboxylic acid groups (broad SMARTS) is 1. The Bertz CT molecular complexity index is 392. The molecule has 0 aliphatic heterocycles. The molecule has 1 N–H and O–H groups in total. The first kappa shape index (κ1) is 15.7. The highest BCUT2D eigenvalue weighted by molar-refractivity contribution is 9.11. The molecule has 18 heavy (non-hydrogen) atoms. The van der Waals surface area contributed by atoms with E-state index in [1.807, 2.05) is 27.0 Å². The first-order valence-corrected chi connectivity index (χ1v) is 7.66. The molecule has 0 radical (unpaired) electrons. The number of nitrogens with zero attached hydrogens (tertiary/aromatic N) is 1. The van der Waals surface area contributed by atoms with Crippen LogP contribution < -0.4 is 0 Å². The summed E-state index contributed by atoms with van der Waals surface area (Å²) in [6.07, 6.45) is 0.969. The zero-order valence-corrected chi connectivity index (χ0v) is 13.4. The van der Waals surface area contributed by atoms with Crippen molar-refractivity contribution in [1.29, 1.82) is 0 Å². The molecule has 1 aromatic heterocycles. The van der Waals surface area contributed by atoms with Crippen LogP contribution in [0.4, 0.5) is 0 Å². The van der Waals surface area contributed by atoms with E-state index in [9.17, 15) is 4.79 Å². The molecule has 0 spiro atoms. The first-order valence-electron chi connectivity index (χ1n) is 6.05. The fourth-order valence-corrected chi connectivity index (χ4v) is 3.26. The Balaban J connectivity index is 2.41. The molecule has 1 rings (SSSR count). The number of carbonyl (C=O) groups is 1. The maximum atomic E-state index is 11.1. The Hall–Kier alpha value is -0.390. The summed E-state index contributed by atoms with van der Waals surface area (Å²) in [6.45, 7) is 5.43. The molecule has 1 atom stereocenters. The summed E-state index contributed by atoms with van der Waals surface area (Å²) >= 11 is 5.18. The monoisotopic (exact) mass is 333 g/mol. The van der Waals surface area contributed by atoms with Crippen molar-refractivity contribution >= 4 is 33.2 Å². The first-order chi connectivity index (χ1) is 8.40. The second kappa shape index (κ2) is 7.26. The molecule has 0 saturated heterocycles. The maximum absolute atomic E-state index is 11.1. The number of thiophene rings is 1. The molecule has 1 heterocycles. The van der Waals surface area contributed by atoms with Gasteiger partial charge in [-0.05, 0) is 47.4 Å². The van der Waals surface area contributed by atoms with Crippen LogP contribution in [-0.4, -0.2) is 36.1 Å². The van der Waals surface area contributed by atoms with Gasteiger partial charge in [0.25, 0.3) is 0 Å². The molecule has 0 fully saturated rings. The standard InChI is InChI=1S/C13H20BrNO2S/c1-9(2)11(13(16)17)8-15(3)7-6-10-4-5-12(14)18-10/h4-5,9,11H,6-8H2,1-3H3,(H,16,17). The average molecular weight is 334 g/mol. The average Bonchev–Trinajstić information content (AvgIpc) is 2.68. The highest BCUT2D eigenvalue weighted by Crippen LogP contribution is 2.22. The van der Waals surface area contributed by atoms with Crippen molar-refractivity contribution < 1.29 is 9.90 Å². The minimum absolute atomic E-state index is 0.167. The summed E-state index contributed by atoms with van der Waals surface area (Å²) in [7, 11) is 1.99. The number of halogens is 1. The molecule has 0 aromatic carbocycles. The molecule has 3 nitrogen and oxygen atoms in total. The van der Waals surface area contributed by atoms with Crippen molar-refractivity contribution in [3.8, 4) is 0 Å². The van der Waals surface area contributed by atoms with Crippen LogP contribution in [0, 0.1) is 11.8 Å². The highest BCUT2D eigenvalue weighted by Gasteiger charge is 2.22. The van der Waals surface area contributed by atoms with Crippen molar-refractivity contribution in [3.63, 3.8) is 0 Å². The lowest BCUT2D eigenvalue weighted by molar-refractivity contribution is -0.143. The van der Waals surface area contributed by atoms with Gasteiger partial charge in [-0.2, -0.15) is 0 Å². The van der Waals surface area contributed by atoms with Gasteiger partial charge in [-0.15, -0.1) is 11.3 Å². The van der Waals surface area contributed by atoms with E-state index in [0.29, 0.717) is 6.54 Å². The van der Waals surface area contributed by atoms with E-state index in [2.05, 4.69) is 26.9 Å². The van der Waals surface area contributed by atoms with Gasteiger partial charge in [0.05, 0.1) is 9.70 Å². The van der Waals surface area contributed by atoms with Gasteiger partial charge < -0.3 is 10.0 Å². The fourth-order valence-electron chi connectivity index (χ4n) is 1.79. The molecule has 1 aromatic rings. The number of aliphatic carboxylic acids is 1. The van der Waals surface area contributed by atoms with Crippen LogP contribution in [0.2, 0.25) is 0 Å². The van der Waals surface area contributed by atoms with E-state index in [4.69, 9.17) is 5.11 Å². The molecule has 0 bridgehead atoms. The van der Waals surface area contributed by atoms with Crippen LogP contribution in [0.15, 0.2) is 15.9 Å². The van der Waals surface area contributed by atoms with E-state index >= 15 is 0 Å². The van der Waals surface area contributed by atoms with Crippen LogP contribution in [0.25, 0.3) is 0 Å². The van der Waals surface area contributed by atoms with E-state index in [0.717, 1.165) is 16.8 Å². The van der Waals surface area contributed by atoms with E-state index in [1.54, 1.807) is 11.3 Å². The van der Waals surface area contributed by atoms with Gasteiger partial charge in [-0.25, -0.2) is 0 Å². The predicted molar refractivity (Wildman–Crippen MR) is 79.2 cm³/mol. The Morgan fingerprint density at radius 3 is 2.61 bits per heavy atom. The molecule has 5 heteroatoms. The third-order valence-corrected chi connectivity index (χ3v) is 4.68. The van der Waals surface area contributed by atoms with E-state index < -0.39 is 5.97 Å². The summed E-state index contributed by atoms with van der Waals surface area (Å²) in [6, 6.07) is 4.16. The van der Waals surface area contributed by atoms with Crippen molar-refractivity contribution in [2.24, 2.45) is 11.8 Å². The SMILES string of the molecule is CC(C)C(CN(C)CCc1ccc(Br)s1)C(=O)O. The smallest absolute Gasteiger partial charge is 0.308 e. The van der Waals surface area contributed by atoms with Crippen molar-refractivity contribution in [1.82, 2.24) is 4.90 Å². The van der Waals surface area contributed by atoms with Crippen LogP contribution in [-0.2, 0) is 11.2 Å². The number of rotatable bonds is 7. The predicted octanol–water partition coefficient (Wildman–Crippen LogP) is 3.34. The third-order valence-electron chi connectivity index (χ3n) is 3.00. The molecule has 0 aliphatic carbocycles. The lowest BCUT2D eigenvalue weighted by Crippen LogP contribution is -2.34. The minimum Gasteiger partial charge on any atom is -0.481 e. The fraction of sp³-hybridized carbons (Fsp3) is 0.615. The Labute approximate surface area is 121 Å². The highest BCUT2D eigenvalue weighted by atomic mass is 79.9. The van der Waals surface area contributed by atoms with Gasteiger partial charge in [-0.3, -0.25) is 4.79 Å². The summed E-state index contributed by atoms with van der Waals surface area (Å²) in [5.74, 6) is -0.818. The zero-order valence-electron chi connectivity index (χ0n) is 11.0. The number of hydrogen-bond acceptors (Lipinski definition) is 3. The number of hydrogen-bond donors (Lipinski definition) is 1. The summed E-state index contributed by atoms with van der Waals surface area (Å²) in [4.78, 5) is 14.6. The van der Waals surface area contributed by atoms with Crippen LogP contribution >= 0.6 is 27.3 Å². The normalized spacial score (nSPS) is 13.2. The number of likely N-dealkylation sites (N-methyl/N-ethyl adjacent to an activating group) is 1. The Morgan fingerprint density at radius 1 is 1.50 bits per heavy atom. The molecular weight excluding hydrogens is 314 g/mol. The summed E-state index contributed by atoms with van der Waals surface area (Å²) in [5.41, 5.74) is 0. The summed E-state index contributed by atoms with van der Waals surface area (Å²) in [5, 5.41) is 9.15. The van der Waals surface area contributed by atoms with Crippen LogP contribution in [0.3, 0.4) is 0 Å². The zero-order chi connectivity index (χ0) is 13.7. The lowest BCUT2D eigenvalue weighted by Gasteiger charge is -2.23. The second-order valence-electron chi connectivity index (χ2n) is 4.91. The second-order valence-corrected chi connectivity index (χ2v) is 7.45. The van der Waals surface area contributed by atoms with Crippen molar-refractivity contribution in [3.05, 3.63) is 20.8 Å². The van der Waals surface area contributed by atoms with Gasteiger partial charge in [0.1, 0.15) is 0 Å². The number of carboxylic acids is 1. The van der Waals surface area contributed by atoms with E-state index in [-0.39, 0.29) is 11.8 Å². The molecule has 102 valence electrons. The summed E-state index contributed by atoms with van der Waals surface area (Å²) < 4.78 is 1.14. The van der Waals surface area contributed by atoms with Crippen LogP contribution in [0.1, 0.15) is 18.7 Å². The van der Waals surface area contributed by atoms with Crippen LogP contribution in [0.5, 0.6) is 0 Å². The lowest BCUT2D eigenvalue weighted by atomic mass is 9.95. The molecule has 1 unspecified atom stereocenters. The minimum atomic E-state index is -0.698. The molecular formula is C13H20BrNO2S. The Kier molecular flexibility index (Phi) is 6.32. The van der Waals surface area contributed by atoms with Gasteiger partial charge >= 0.3 is 5.97 Å². The van der Waals surface area contributed by atoms with E-state index in [1.165, 1.54) is 4.88 Å². The van der Waals surface area contributed by atoms with Gasteiger partial charge in [0.2, 0.25) is 0 Å². The largest absolute Gasteiger partial charge is 0.481 e.